The number of aromatic nitrogens is 5. The van der Waals surface area contributed by atoms with Crippen molar-refractivity contribution in [3.63, 3.8) is 0 Å². The first-order valence-corrected chi connectivity index (χ1v) is 13.0. The van der Waals surface area contributed by atoms with Crippen LogP contribution in [0.4, 0.5) is 16.3 Å². The number of nitrogens with zero attached hydrogens (tertiary/aromatic N) is 7. The largest absolute Gasteiger partial charge is 0.349 e. The van der Waals surface area contributed by atoms with Crippen molar-refractivity contribution in [1.82, 2.24) is 34.3 Å². The fraction of sp³-hybridized carbons (Fsp3) is 0.321. The molecule has 0 radical (unpaired) electrons. The number of hydrogen-bond donors (Lipinski definition) is 2. The van der Waals surface area contributed by atoms with Gasteiger partial charge in [-0.2, -0.15) is 0 Å². The van der Waals surface area contributed by atoms with Crippen molar-refractivity contribution in [2.24, 2.45) is 7.05 Å². The van der Waals surface area contributed by atoms with Gasteiger partial charge in [-0.05, 0) is 29.8 Å². The van der Waals surface area contributed by atoms with Crippen molar-refractivity contribution < 1.29 is 9.59 Å². The molecule has 3 aromatic heterocycles. The summed E-state index contributed by atoms with van der Waals surface area (Å²) in [7, 11) is 5.33. The Hall–Kier alpha value is -4.67. The van der Waals surface area contributed by atoms with E-state index in [2.05, 4.69) is 32.0 Å². The van der Waals surface area contributed by atoms with Crippen LogP contribution in [0.15, 0.2) is 55.0 Å². The molecule has 202 valence electrons. The van der Waals surface area contributed by atoms with Gasteiger partial charge in [0.05, 0.1) is 12.2 Å². The highest BCUT2D eigenvalue weighted by molar-refractivity contribution is 5.93. The Morgan fingerprint density at radius 2 is 1.85 bits per heavy atom. The second-order valence-electron chi connectivity index (χ2n) is 9.72. The second-order valence-corrected chi connectivity index (χ2v) is 9.72. The van der Waals surface area contributed by atoms with E-state index in [1.54, 1.807) is 20.3 Å². The minimum Gasteiger partial charge on any atom is -0.349 e. The molecule has 0 aliphatic carbocycles. The second kappa shape index (κ2) is 11.0. The molecule has 0 bridgehead atoms. The summed E-state index contributed by atoms with van der Waals surface area (Å²) in [6.07, 6.45) is 6.27. The summed E-state index contributed by atoms with van der Waals surface area (Å²) >= 11 is 0. The maximum atomic E-state index is 13.3. The number of nitrogens with one attached hydrogen (secondary N) is 2. The number of imidazole rings is 2. The first kappa shape index (κ1) is 26.0. The third-order valence-electron chi connectivity index (χ3n) is 6.83. The zero-order valence-electron chi connectivity index (χ0n) is 22.7. The van der Waals surface area contributed by atoms with Crippen LogP contribution in [0.1, 0.15) is 34.5 Å². The Balaban J connectivity index is 1.27. The molecule has 1 aliphatic rings. The number of benzene rings is 1. The average molecular weight is 528 g/mol. The van der Waals surface area contributed by atoms with Gasteiger partial charge < -0.3 is 29.6 Å². The molecule has 4 aromatic rings. The van der Waals surface area contributed by atoms with Crippen LogP contribution >= 0.6 is 0 Å². The van der Waals surface area contributed by atoms with E-state index in [0.29, 0.717) is 24.5 Å². The lowest BCUT2D eigenvalue weighted by Gasteiger charge is -2.30. The van der Waals surface area contributed by atoms with Gasteiger partial charge in [0.25, 0.3) is 5.91 Å². The zero-order chi connectivity index (χ0) is 27.5. The topological polar surface area (TPSA) is 113 Å². The molecule has 0 spiro atoms. The third-order valence-corrected chi connectivity index (χ3v) is 6.83. The van der Waals surface area contributed by atoms with Crippen molar-refractivity contribution in [2.75, 3.05) is 30.9 Å². The number of hydrogen-bond acceptors (Lipinski definition) is 6. The van der Waals surface area contributed by atoms with Crippen molar-refractivity contribution >= 4 is 23.4 Å². The van der Waals surface area contributed by atoms with Gasteiger partial charge in [-0.1, -0.05) is 19.1 Å². The number of amides is 3. The lowest BCUT2D eigenvalue weighted by atomic mass is 10.2. The Kier molecular flexibility index (Phi) is 7.31. The number of carbonyl (C=O) groups excluding carboxylic acids is 2. The maximum Gasteiger partial charge on any atom is 0.321 e. The van der Waals surface area contributed by atoms with E-state index < -0.39 is 0 Å². The number of rotatable bonds is 7. The number of pyridine rings is 1. The van der Waals surface area contributed by atoms with Gasteiger partial charge in [-0.25, -0.2) is 19.7 Å². The van der Waals surface area contributed by atoms with Crippen LogP contribution in [0.25, 0.3) is 11.4 Å². The lowest BCUT2D eigenvalue weighted by molar-refractivity contribution is 0.0945. The maximum absolute atomic E-state index is 13.3. The number of fused-ring (bicyclic) bond motifs is 1. The average Bonchev–Trinajstić information content (AvgIpc) is 3.55. The molecular formula is C28H33N9O2. The molecule has 11 heteroatoms. The molecule has 5 rings (SSSR count). The minimum absolute atomic E-state index is 0.194. The minimum atomic E-state index is -0.205. The summed E-state index contributed by atoms with van der Waals surface area (Å²) in [5.41, 5.74) is 3.92. The quantitative estimate of drug-likeness (QED) is 0.381. The van der Waals surface area contributed by atoms with Crippen molar-refractivity contribution in [2.45, 2.75) is 33.0 Å². The molecule has 0 unspecified atom stereocenters. The van der Waals surface area contributed by atoms with E-state index in [-0.39, 0.29) is 11.9 Å². The van der Waals surface area contributed by atoms with Gasteiger partial charge in [0.2, 0.25) is 0 Å². The highest BCUT2D eigenvalue weighted by Gasteiger charge is 2.27. The number of anilines is 2. The molecule has 0 fully saturated rings. The highest BCUT2D eigenvalue weighted by Crippen LogP contribution is 2.25. The van der Waals surface area contributed by atoms with E-state index in [9.17, 15) is 9.59 Å². The standard InChI is InChI=1S/C28H33N9O2/c1-5-23-33-25(27(38)31-16-19-6-9-21(10-7-19)32-28(39)34(2)3)22-18-36(14-15-37(22)23)24-11-8-20(17-30-24)26-29-12-13-35(26)4/h6-13,17H,5,14-16,18H2,1-4H3,(H,31,38)(H,32,39). The Labute approximate surface area is 227 Å². The van der Waals surface area contributed by atoms with Crippen LogP contribution in [0.5, 0.6) is 0 Å². The van der Waals surface area contributed by atoms with E-state index >= 15 is 0 Å². The van der Waals surface area contributed by atoms with Gasteiger partial charge in [-0.3, -0.25) is 4.79 Å². The first-order valence-electron chi connectivity index (χ1n) is 13.0. The van der Waals surface area contributed by atoms with Gasteiger partial charge in [0, 0.05) is 77.0 Å². The third kappa shape index (κ3) is 5.47. The van der Waals surface area contributed by atoms with Crippen LogP contribution in [0.2, 0.25) is 0 Å². The Morgan fingerprint density at radius 3 is 2.49 bits per heavy atom. The van der Waals surface area contributed by atoms with Crippen molar-refractivity contribution in [3.8, 4) is 11.4 Å². The molecular weight excluding hydrogens is 494 g/mol. The molecule has 1 aromatic carbocycles. The van der Waals surface area contributed by atoms with E-state index in [1.165, 1.54) is 4.90 Å². The van der Waals surface area contributed by atoms with Crippen molar-refractivity contribution in [3.05, 3.63) is 77.8 Å². The van der Waals surface area contributed by atoms with Crippen LogP contribution < -0.4 is 15.5 Å². The zero-order valence-corrected chi connectivity index (χ0v) is 22.7. The summed E-state index contributed by atoms with van der Waals surface area (Å²) in [5.74, 6) is 2.42. The summed E-state index contributed by atoms with van der Waals surface area (Å²) in [6.45, 7) is 4.47. The van der Waals surface area contributed by atoms with E-state index in [1.807, 2.05) is 60.4 Å². The highest BCUT2D eigenvalue weighted by atomic mass is 16.2. The monoisotopic (exact) mass is 527 g/mol. The molecule has 1 aliphatic heterocycles. The Morgan fingerprint density at radius 1 is 1.05 bits per heavy atom. The van der Waals surface area contributed by atoms with Gasteiger partial charge in [0.15, 0.2) is 5.69 Å². The SMILES string of the molecule is CCc1nc(C(=O)NCc2ccc(NC(=O)N(C)C)cc2)c2n1CCN(c1ccc(-c3nccn3C)cn1)C2. The number of aryl methyl sites for hydroxylation is 2. The summed E-state index contributed by atoms with van der Waals surface area (Å²) in [4.78, 5) is 42.6. The van der Waals surface area contributed by atoms with Gasteiger partial charge in [0.1, 0.15) is 17.5 Å². The lowest BCUT2D eigenvalue weighted by Crippen LogP contribution is -2.36. The van der Waals surface area contributed by atoms with E-state index in [4.69, 9.17) is 9.97 Å². The Bertz CT molecular complexity index is 1470. The molecule has 2 N–H and O–H groups in total. The van der Waals surface area contributed by atoms with Gasteiger partial charge >= 0.3 is 6.03 Å². The molecule has 4 heterocycles. The fourth-order valence-corrected chi connectivity index (χ4v) is 4.65. The van der Waals surface area contributed by atoms with Crippen LogP contribution in [-0.4, -0.2) is 61.6 Å². The predicted octanol–water partition coefficient (Wildman–Crippen LogP) is 3.28. The normalized spacial score (nSPS) is 12.7. The van der Waals surface area contributed by atoms with Crippen LogP contribution in [-0.2, 0) is 33.1 Å². The fourth-order valence-electron chi connectivity index (χ4n) is 4.65. The van der Waals surface area contributed by atoms with Crippen LogP contribution in [0.3, 0.4) is 0 Å². The summed E-state index contributed by atoms with van der Waals surface area (Å²) in [5, 5.41) is 5.82. The number of urea groups is 1. The summed E-state index contributed by atoms with van der Waals surface area (Å²) < 4.78 is 4.13. The molecule has 39 heavy (non-hydrogen) atoms. The number of carbonyl (C=O) groups is 2. The van der Waals surface area contributed by atoms with Gasteiger partial charge in [-0.15, -0.1) is 0 Å². The molecule has 0 saturated carbocycles. The van der Waals surface area contributed by atoms with Crippen molar-refractivity contribution in [1.29, 1.82) is 0 Å². The van der Waals surface area contributed by atoms with E-state index in [0.717, 1.165) is 53.8 Å². The molecule has 11 nitrogen and oxygen atoms in total. The van der Waals surface area contributed by atoms with Crippen LogP contribution in [0, 0.1) is 0 Å². The predicted molar refractivity (Wildman–Crippen MR) is 149 cm³/mol. The molecule has 0 atom stereocenters. The molecule has 3 amide bonds. The smallest absolute Gasteiger partial charge is 0.321 e. The summed E-state index contributed by atoms with van der Waals surface area (Å²) in [6, 6.07) is 11.2. The first-order chi connectivity index (χ1) is 18.8. The molecule has 0 saturated heterocycles.